The van der Waals surface area contributed by atoms with Gasteiger partial charge in [-0.2, -0.15) is 0 Å². The van der Waals surface area contributed by atoms with E-state index in [2.05, 4.69) is 11.8 Å². The fourth-order valence-electron chi connectivity index (χ4n) is 1.52. The van der Waals surface area contributed by atoms with Crippen LogP contribution in [0.15, 0.2) is 0 Å². The molecule has 1 saturated heterocycles. The molecule has 0 radical (unpaired) electrons. The zero-order chi connectivity index (χ0) is 9.90. The van der Waals surface area contributed by atoms with Gasteiger partial charge in [0.05, 0.1) is 5.75 Å². The standard InChI is InChI=1S/C8H16ClNO2S/c1-8-2-4-10(5-3-8)6-7-13(9,11)12/h8H,2-7H2,1H3. The molecule has 1 aliphatic rings. The van der Waals surface area contributed by atoms with Gasteiger partial charge in [0.25, 0.3) is 0 Å². The maximum absolute atomic E-state index is 10.7. The Morgan fingerprint density at radius 1 is 1.38 bits per heavy atom. The van der Waals surface area contributed by atoms with E-state index < -0.39 is 9.05 Å². The molecule has 0 aliphatic carbocycles. The number of likely N-dealkylation sites (tertiary alicyclic amines) is 1. The van der Waals surface area contributed by atoms with Crippen LogP contribution in [0.1, 0.15) is 19.8 Å². The van der Waals surface area contributed by atoms with Crippen molar-refractivity contribution in [2.45, 2.75) is 19.8 Å². The lowest BCUT2D eigenvalue weighted by Crippen LogP contribution is -2.35. The maximum atomic E-state index is 10.7. The van der Waals surface area contributed by atoms with E-state index in [1.807, 2.05) is 0 Å². The van der Waals surface area contributed by atoms with Gasteiger partial charge in [0.1, 0.15) is 0 Å². The fraction of sp³-hybridized carbons (Fsp3) is 1.00. The summed E-state index contributed by atoms with van der Waals surface area (Å²) >= 11 is 0. The second-order valence-electron chi connectivity index (χ2n) is 3.77. The maximum Gasteiger partial charge on any atom is 0.233 e. The molecule has 1 heterocycles. The Labute approximate surface area is 84.5 Å². The van der Waals surface area contributed by atoms with Crippen molar-refractivity contribution in [3.8, 4) is 0 Å². The molecule has 0 aromatic heterocycles. The molecule has 1 rings (SSSR count). The Bertz CT molecular complexity index is 245. The summed E-state index contributed by atoms with van der Waals surface area (Å²) in [5, 5.41) is 0. The van der Waals surface area contributed by atoms with Gasteiger partial charge in [-0.05, 0) is 31.8 Å². The van der Waals surface area contributed by atoms with Crippen LogP contribution in [0.25, 0.3) is 0 Å². The van der Waals surface area contributed by atoms with Gasteiger partial charge in [0.15, 0.2) is 0 Å². The average molecular weight is 226 g/mol. The van der Waals surface area contributed by atoms with E-state index in [9.17, 15) is 8.42 Å². The van der Waals surface area contributed by atoms with Crippen molar-refractivity contribution in [3.63, 3.8) is 0 Å². The highest BCUT2D eigenvalue weighted by molar-refractivity contribution is 8.13. The van der Waals surface area contributed by atoms with Gasteiger partial charge >= 0.3 is 0 Å². The predicted octanol–water partition coefficient (Wildman–Crippen LogP) is 1.29. The van der Waals surface area contributed by atoms with Gasteiger partial charge in [0, 0.05) is 17.2 Å². The van der Waals surface area contributed by atoms with Crippen LogP contribution < -0.4 is 0 Å². The normalized spacial score (nSPS) is 22.0. The second-order valence-corrected chi connectivity index (χ2v) is 6.66. The monoisotopic (exact) mass is 225 g/mol. The summed E-state index contributed by atoms with van der Waals surface area (Å²) in [6.45, 7) is 4.83. The molecule has 78 valence electrons. The Morgan fingerprint density at radius 3 is 2.38 bits per heavy atom. The van der Waals surface area contributed by atoms with E-state index in [4.69, 9.17) is 10.7 Å². The lowest BCUT2D eigenvalue weighted by molar-refractivity contribution is 0.202. The molecule has 5 heteroatoms. The molecule has 13 heavy (non-hydrogen) atoms. The van der Waals surface area contributed by atoms with Crippen LogP contribution in [0.3, 0.4) is 0 Å². The third-order valence-corrected chi connectivity index (χ3v) is 3.66. The van der Waals surface area contributed by atoms with Gasteiger partial charge in [-0.25, -0.2) is 8.42 Å². The lowest BCUT2D eigenvalue weighted by atomic mass is 9.99. The zero-order valence-electron chi connectivity index (χ0n) is 7.87. The van der Waals surface area contributed by atoms with Gasteiger partial charge < -0.3 is 4.90 Å². The van der Waals surface area contributed by atoms with Crippen molar-refractivity contribution in [1.82, 2.24) is 4.90 Å². The number of hydrogen-bond donors (Lipinski definition) is 0. The van der Waals surface area contributed by atoms with Gasteiger partial charge in [-0.15, -0.1) is 0 Å². The molecule has 0 unspecified atom stereocenters. The summed E-state index contributed by atoms with van der Waals surface area (Å²) in [6.07, 6.45) is 2.34. The van der Waals surface area contributed by atoms with Crippen LogP contribution in [0.5, 0.6) is 0 Å². The smallest absolute Gasteiger partial charge is 0.233 e. The molecule has 0 aromatic rings. The molecular formula is C8H16ClNO2S. The lowest BCUT2D eigenvalue weighted by Gasteiger charge is -2.29. The molecule has 3 nitrogen and oxygen atoms in total. The average Bonchev–Trinajstić information content (AvgIpc) is 2.02. The number of rotatable bonds is 3. The molecular weight excluding hydrogens is 210 g/mol. The first-order chi connectivity index (χ1) is 5.97. The first-order valence-corrected chi connectivity index (χ1v) is 7.10. The topological polar surface area (TPSA) is 37.4 Å². The molecule has 0 aromatic carbocycles. The quantitative estimate of drug-likeness (QED) is 0.680. The van der Waals surface area contributed by atoms with Crippen molar-refractivity contribution in [3.05, 3.63) is 0 Å². The third-order valence-electron chi connectivity index (χ3n) is 2.53. The minimum Gasteiger partial charge on any atom is -0.302 e. The number of halogens is 1. The van der Waals surface area contributed by atoms with Crippen molar-refractivity contribution in [2.24, 2.45) is 5.92 Å². The zero-order valence-corrected chi connectivity index (χ0v) is 9.44. The van der Waals surface area contributed by atoms with Gasteiger partial charge in [-0.3, -0.25) is 0 Å². The van der Waals surface area contributed by atoms with Crippen molar-refractivity contribution in [2.75, 3.05) is 25.4 Å². The molecule has 0 saturated carbocycles. The van der Waals surface area contributed by atoms with Gasteiger partial charge in [-0.1, -0.05) is 6.92 Å². The first kappa shape index (κ1) is 11.3. The highest BCUT2D eigenvalue weighted by Crippen LogP contribution is 2.15. The Morgan fingerprint density at radius 2 is 1.92 bits per heavy atom. The number of hydrogen-bond acceptors (Lipinski definition) is 3. The van der Waals surface area contributed by atoms with Crippen LogP contribution in [-0.4, -0.2) is 38.7 Å². The molecule has 0 amide bonds. The summed E-state index contributed by atoms with van der Waals surface area (Å²) in [5.74, 6) is 0.854. The predicted molar refractivity (Wildman–Crippen MR) is 54.5 cm³/mol. The minimum absolute atomic E-state index is 0.0724. The number of nitrogens with zero attached hydrogens (tertiary/aromatic N) is 1. The summed E-state index contributed by atoms with van der Waals surface area (Å²) in [6, 6.07) is 0. The van der Waals surface area contributed by atoms with Crippen molar-refractivity contribution in [1.29, 1.82) is 0 Å². The van der Waals surface area contributed by atoms with E-state index in [0.29, 0.717) is 6.54 Å². The minimum atomic E-state index is -3.31. The molecule has 1 fully saturated rings. The number of piperidine rings is 1. The van der Waals surface area contributed by atoms with Crippen LogP contribution in [0.2, 0.25) is 0 Å². The van der Waals surface area contributed by atoms with Gasteiger partial charge in [0.2, 0.25) is 9.05 Å². The van der Waals surface area contributed by atoms with E-state index >= 15 is 0 Å². The third kappa shape index (κ3) is 4.84. The molecule has 1 aliphatic heterocycles. The Hall–Kier alpha value is 0.200. The van der Waals surface area contributed by atoms with Crippen LogP contribution >= 0.6 is 10.7 Å². The summed E-state index contributed by atoms with van der Waals surface area (Å²) in [5.41, 5.74) is 0. The van der Waals surface area contributed by atoms with E-state index in [1.165, 1.54) is 12.8 Å². The van der Waals surface area contributed by atoms with Crippen LogP contribution in [-0.2, 0) is 9.05 Å². The molecule has 0 atom stereocenters. The summed E-state index contributed by atoms with van der Waals surface area (Å²) < 4.78 is 21.4. The van der Waals surface area contributed by atoms with Crippen molar-refractivity contribution < 1.29 is 8.42 Å². The highest BCUT2D eigenvalue weighted by Gasteiger charge is 2.17. The fourth-order valence-corrected chi connectivity index (χ4v) is 2.21. The molecule has 0 spiro atoms. The van der Waals surface area contributed by atoms with E-state index in [1.54, 1.807) is 0 Å². The van der Waals surface area contributed by atoms with Crippen molar-refractivity contribution >= 4 is 19.7 Å². The highest BCUT2D eigenvalue weighted by atomic mass is 35.7. The van der Waals surface area contributed by atoms with Crippen LogP contribution in [0, 0.1) is 5.92 Å². The Balaban J connectivity index is 2.24. The van der Waals surface area contributed by atoms with Crippen LogP contribution in [0.4, 0.5) is 0 Å². The summed E-state index contributed by atoms with van der Waals surface area (Å²) in [4.78, 5) is 2.17. The SMILES string of the molecule is CC1CCN(CCS(=O)(=O)Cl)CC1. The summed E-state index contributed by atoms with van der Waals surface area (Å²) in [7, 11) is 1.82. The Kier molecular flexibility index (Phi) is 4.01. The first-order valence-electron chi connectivity index (χ1n) is 4.62. The largest absolute Gasteiger partial charge is 0.302 e. The molecule has 0 N–H and O–H groups in total. The van der Waals surface area contributed by atoms with E-state index in [0.717, 1.165) is 19.0 Å². The molecule has 0 bridgehead atoms. The van der Waals surface area contributed by atoms with E-state index in [-0.39, 0.29) is 5.75 Å². The second kappa shape index (κ2) is 4.62.